The van der Waals surface area contributed by atoms with Gasteiger partial charge in [0.25, 0.3) is 0 Å². The number of amides is 1. The van der Waals surface area contributed by atoms with Crippen molar-refractivity contribution in [2.45, 2.75) is 57.0 Å². The first-order chi connectivity index (χ1) is 16.0. The standard InChI is InChI=1S/C25H29FN4O2S/c1-3-18-6-8-19(9-7-18)17(2)27-23(31)16-33-25-29-28-24(20-10-12-21(26)13-11-20)30(25)15-22-5-4-14-32-22/h6-13,17,22H,3-5,14-16H2,1-2H3,(H,27,31). The van der Waals surface area contributed by atoms with Crippen molar-refractivity contribution < 1.29 is 13.9 Å². The van der Waals surface area contributed by atoms with Crippen LogP contribution in [0.4, 0.5) is 4.39 Å². The number of rotatable bonds is 9. The fourth-order valence-electron chi connectivity index (χ4n) is 3.90. The lowest BCUT2D eigenvalue weighted by atomic mass is 10.1. The van der Waals surface area contributed by atoms with Gasteiger partial charge in [0.05, 0.1) is 24.4 Å². The molecular formula is C25H29FN4O2S. The quantitative estimate of drug-likeness (QED) is 0.457. The van der Waals surface area contributed by atoms with Gasteiger partial charge < -0.3 is 10.1 Å². The maximum Gasteiger partial charge on any atom is 0.230 e. The molecule has 0 bridgehead atoms. The molecule has 0 radical (unpaired) electrons. The summed E-state index contributed by atoms with van der Waals surface area (Å²) in [5.74, 6) is 0.512. The third-order valence-electron chi connectivity index (χ3n) is 5.83. The van der Waals surface area contributed by atoms with Gasteiger partial charge in [-0.25, -0.2) is 4.39 Å². The number of aromatic nitrogens is 3. The van der Waals surface area contributed by atoms with Gasteiger partial charge in [-0.3, -0.25) is 9.36 Å². The van der Waals surface area contributed by atoms with E-state index in [0.717, 1.165) is 37.0 Å². The Morgan fingerprint density at radius 2 is 1.97 bits per heavy atom. The number of nitrogens with zero attached hydrogens (tertiary/aromatic N) is 3. The van der Waals surface area contributed by atoms with E-state index in [1.807, 2.05) is 11.5 Å². The van der Waals surface area contributed by atoms with Crippen molar-refractivity contribution in [2.75, 3.05) is 12.4 Å². The molecule has 3 aromatic rings. The molecule has 2 heterocycles. The molecule has 1 saturated heterocycles. The maximum atomic E-state index is 13.4. The maximum absolute atomic E-state index is 13.4. The monoisotopic (exact) mass is 468 g/mol. The van der Waals surface area contributed by atoms with Crippen LogP contribution in [0, 0.1) is 5.82 Å². The van der Waals surface area contributed by atoms with Crippen molar-refractivity contribution in [1.82, 2.24) is 20.1 Å². The summed E-state index contributed by atoms with van der Waals surface area (Å²) in [6.07, 6.45) is 3.07. The second-order valence-electron chi connectivity index (χ2n) is 8.23. The predicted molar refractivity (Wildman–Crippen MR) is 127 cm³/mol. The largest absolute Gasteiger partial charge is 0.376 e. The Kier molecular flexibility index (Phi) is 7.77. The molecule has 174 valence electrons. The summed E-state index contributed by atoms with van der Waals surface area (Å²) in [4.78, 5) is 12.6. The van der Waals surface area contributed by atoms with Crippen LogP contribution < -0.4 is 5.32 Å². The molecule has 33 heavy (non-hydrogen) atoms. The second-order valence-corrected chi connectivity index (χ2v) is 9.17. The van der Waals surface area contributed by atoms with E-state index in [1.165, 1.54) is 29.5 Å². The third-order valence-corrected chi connectivity index (χ3v) is 6.79. The van der Waals surface area contributed by atoms with E-state index in [9.17, 15) is 9.18 Å². The molecule has 0 saturated carbocycles. The molecule has 2 unspecified atom stereocenters. The Morgan fingerprint density at radius 3 is 2.64 bits per heavy atom. The summed E-state index contributed by atoms with van der Waals surface area (Å²) in [6, 6.07) is 14.4. The van der Waals surface area contributed by atoms with E-state index >= 15 is 0 Å². The zero-order chi connectivity index (χ0) is 23.2. The minimum Gasteiger partial charge on any atom is -0.376 e. The highest BCUT2D eigenvalue weighted by Crippen LogP contribution is 2.27. The molecule has 6 nitrogen and oxygen atoms in total. The number of benzene rings is 2. The van der Waals surface area contributed by atoms with Crippen LogP contribution in [0.1, 0.15) is 43.9 Å². The fourth-order valence-corrected chi connectivity index (χ4v) is 4.66. The van der Waals surface area contributed by atoms with Crippen LogP contribution in [0.2, 0.25) is 0 Å². The molecule has 1 aliphatic rings. The van der Waals surface area contributed by atoms with Crippen LogP contribution in [0.25, 0.3) is 11.4 Å². The number of hydrogen-bond donors (Lipinski definition) is 1. The highest BCUT2D eigenvalue weighted by atomic mass is 32.2. The van der Waals surface area contributed by atoms with Gasteiger partial charge in [0, 0.05) is 12.2 Å². The van der Waals surface area contributed by atoms with Gasteiger partial charge in [0.15, 0.2) is 11.0 Å². The van der Waals surface area contributed by atoms with E-state index < -0.39 is 0 Å². The van der Waals surface area contributed by atoms with E-state index in [0.29, 0.717) is 17.5 Å². The van der Waals surface area contributed by atoms with Crippen molar-refractivity contribution in [1.29, 1.82) is 0 Å². The first-order valence-corrected chi connectivity index (χ1v) is 12.3. The predicted octanol–water partition coefficient (Wildman–Crippen LogP) is 4.80. The van der Waals surface area contributed by atoms with Crippen molar-refractivity contribution in [2.24, 2.45) is 0 Å². The average Bonchev–Trinajstić information content (AvgIpc) is 3.49. The molecule has 2 aromatic carbocycles. The first kappa shape index (κ1) is 23.4. The lowest BCUT2D eigenvalue weighted by Crippen LogP contribution is -2.28. The van der Waals surface area contributed by atoms with E-state index in [4.69, 9.17) is 4.74 Å². The van der Waals surface area contributed by atoms with Crippen LogP contribution in [0.15, 0.2) is 53.7 Å². The normalized spacial score (nSPS) is 16.6. The van der Waals surface area contributed by atoms with Crippen molar-refractivity contribution >= 4 is 17.7 Å². The molecular weight excluding hydrogens is 439 g/mol. The lowest BCUT2D eigenvalue weighted by Gasteiger charge is -2.16. The van der Waals surface area contributed by atoms with E-state index in [1.54, 1.807) is 12.1 Å². The molecule has 1 N–H and O–H groups in total. The summed E-state index contributed by atoms with van der Waals surface area (Å²) >= 11 is 1.35. The number of aryl methyl sites for hydroxylation is 1. The van der Waals surface area contributed by atoms with E-state index in [2.05, 4.69) is 46.7 Å². The minimum atomic E-state index is -0.298. The topological polar surface area (TPSA) is 69.0 Å². The number of carbonyl (C=O) groups excluding carboxylic acids is 1. The van der Waals surface area contributed by atoms with Crippen molar-refractivity contribution in [3.63, 3.8) is 0 Å². The first-order valence-electron chi connectivity index (χ1n) is 11.3. The minimum absolute atomic E-state index is 0.0675. The summed E-state index contributed by atoms with van der Waals surface area (Å²) in [5.41, 5.74) is 3.13. The molecule has 2 atom stereocenters. The van der Waals surface area contributed by atoms with Crippen molar-refractivity contribution in [3.05, 3.63) is 65.5 Å². The smallest absolute Gasteiger partial charge is 0.230 e. The Hall–Kier alpha value is -2.71. The highest BCUT2D eigenvalue weighted by molar-refractivity contribution is 7.99. The third kappa shape index (κ3) is 6.00. The zero-order valence-electron chi connectivity index (χ0n) is 19.0. The van der Waals surface area contributed by atoms with Gasteiger partial charge in [-0.15, -0.1) is 10.2 Å². The van der Waals surface area contributed by atoms with E-state index in [-0.39, 0.29) is 29.6 Å². The molecule has 1 aromatic heterocycles. The Morgan fingerprint density at radius 1 is 1.21 bits per heavy atom. The Bertz CT molecular complexity index is 1060. The molecule has 0 spiro atoms. The Balaban J connectivity index is 1.43. The van der Waals surface area contributed by atoms with Gasteiger partial charge in [0.2, 0.25) is 5.91 Å². The van der Waals surface area contributed by atoms with Gasteiger partial charge in [0.1, 0.15) is 5.82 Å². The zero-order valence-corrected chi connectivity index (χ0v) is 19.8. The SMILES string of the molecule is CCc1ccc(C(C)NC(=O)CSc2nnc(-c3ccc(F)cc3)n2CC2CCCO2)cc1. The fraction of sp³-hybridized carbons (Fsp3) is 0.400. The van der Waals surface area contributed by atoms with Gasteiger partial charge in [-0.2, -0.15) is 0 Å². The number of thioether (sulfide) groups is 1. The van der Waals surface area contributed by atoms with Gasteiger partial charge >= 0.3 is 0 Å². The van der Waals surface area contributed by atoms with Crippen LogP contribution in [-0.4, -0.2) is 39.1 Å². The molecule has 1 amide bonds. The number of hydrogen-bond acceptors (Lipinski definition) is 5. The highest BCUT2D eigenvalue weighted by Gasteiger charge is 2.22. The molecule has 8 heteroatoms. The molecule has 1 fully saturated rings. The van der Waals surface area contributed by atoms with Crippen molar-refractivity contribution in [3.8, 4) is 11.4 Å². The number of halogens is 1. The second kappa shape index (κ2) is 10.9. The summed E-state index contributed by atoms with van der Waals surface area (Å²) in [5, 5.41) is 12.4. The number of ether oxygens (including phenoxy) is 1. The average molecular weight is 469 g/mol. The molecule has 1 aliphatic heterocycles. The number of nitrogens with one attached hydrogen (secondary N) is 1. The van der Waals surface area contributed by atoms with Crippen LogP contribution in [0.3, 0.4) is 0 Å². The Labute approximate surface area is 197 Å². The molecule has 0 aliphatic carbocycles. The number of carbonyl (C=O) groups is 1. The van der Waals surface area contributed by atoms with Crippen LogP contribution in [0.5, 0.6) is 0 Å². The molecule has 4 rings (SSSR count). The summed E-state index contributed by atoms with van der Waals surface area (Å²) in [7, 11) is 0. The lowest BCUT2D eigenvalue weighted by molar-refractivity contribution is -0.119. The van der Waals surface area contributed by atoms with Gasteiger partial charge in [-0.1, -0.05) is 43.0 Å². The summed E-state index contributed by atoms with van der Waals surface area (Å²) in [6.45, 7) is 5.46. The summed E-state index contributed by atoms with van der Waals surface area (Å²) < 4.78 is 21.2. The van der Waals surface area contributed by atoms with Crippen LogP contribution in [-0.2, 0) is 22.5 Å². The van der Waals surface area contributed by atoms with Crippen LogP contribution >= 0.6 is 11.8 Å². The van der Waals surface area contributed by atoms with Gasteiger partial charge in [-0.05, 0) is 61.6 Å².